The molecule has 1 atom stereocenters. The highest BCUT2D eigenvalue weighted by Gasteiger charge is 2.26. The number of rotatable bonds is 7. The van der Waals surface area contributed by atoms with E-state index in [2.05, 4.69) is 36.5 Å². The number of nitrogens with one attached hydrogen (secondary N) is 1. The number of benzene rings is 1. The van der Waals surface area contributed by atoms with Crippen LogP contribution in [0.25, 0.3) is 0 Å². The summed E-state index contributed by atoms with van der Waals surface area (Å²) in [6.45, 7) is 3.90. The average molecular weight is 350 g/mol. The molecule has 1 aromatic carbocycles. The largest absolute Gasteiger partial charge is 0.356 e. The molecule has 0 radical (unpaired) electrons. The number of nitrogens with two attached hydrogens (primary N) is 1. The summed E-state index contributed by atoms with van der Waals surface area (Å²) in [6, 6.07) is 8.12. The molecule has 3 amide bonds. The maximum Gasteiger partial charge on any atom is 0.314 e. The molecule has 1 heterocycles. The second kappa shape index (κ2) is 9.57. The Kier molecular flexibility index (Phi) is 7.43. The van der Waals surface area contributed by atoms with Gasteiger partial charge < -0.3 is 16.0 Å². The number of aryl methyl sites for hydroxylation is 1. The van der Waals surface area contributed by atoms with Crippen molar-refractivity contribution in [1.82, 2.24) is 10.2 Å². The molecule has 0 saturated carbocycles. The van der Waals surface area contributed by atoms with E-state index in [0.717, 1.165) is 30.8 Å². The number of urea groups is 1. The van der Waals surface area contributed by atoms with Crippen molar-refractivity contribution in [2.75, 3.05) is 25.4 Å². The Morgan fingerprint density at radius 3 is 3.00 bits per heavy atom. The van der Waals surface area contributed by atoms with E-state index >= 15 is 0 Å². The molecule has 2 rings (SSSR count). The van der Waals surface area contributed by atoms with Crippen molar-refractivity contribution in [2.45, 2.75) is 31.9 Å². The Morgan fingerprint density at radius 2 is 2.25 bits per heavy atom. The van der Waals surface area contributed by atoms with Crippen LogP contribution in [0, 0.1) is 12.8 Å². The molecule has 0 spiro atoms. The van der Waals surface area contributed by atoms with Crippen molar-refractivity contribution in [3.8, 4) is 0 Å². The normalized spacial score (nSPS) is 17.5. The second-order valence-corrected chi connectivity index (χ2v) is 7.41. The van der Waals surface area contributed by atoms with Gasteiger partial charge >= 0.3 is 6.03 Å². The van der Waals surface area contributed by atoms with Gasteiger partial charge in [0, 0.05) is 25.4 Å². The van der Waals surface area contributed by atoms with Crippen LogP contribution in [0.1, 0.15) is 30.4 Å². The minimum atomic E-state index is -0.431. The summed E-state index contributed by atoms with van der Waals surface area (Å²) < 4.78 is 0. The zero-order valence-electron chi connectivity index (χ0n) is 14.3. The predicted molar refractivity (Wildman–Crippen MR) is 98.8 cm³/mol. The van der Waals surface area contributed by atoms with Crippen molar-refractivity contribution in [3.63, 3.8) is 0 Å². The van der Waals surface area contributed by atoms with E-state index in [-0.39, 0.29) is 11.8 Å². The molecule has 132 valence electrons. The van der Waals surface area contributed by atoms with Gasteiger partial charge in [0.2, 0.25) is 5.91 Å². The third-order valence-electron chi connectivity index (χ3n) is 4.22. The molecular formula is C18H27N3O2S. The highest BCUT2D eigenvalue weighted by atomic mass is 32.2. The molecule has 0 bridgehead atoms. The van der Waals surface area contributed by atoms with E-state index < -0.39 is 6.03 Å². The predicted octanol–water partition coefficient (Wildman–Crippen LogP) is 2.53. The first-order chi connectivity index (χ1) is 11.6. The number of amides is 3. The van der Waals surface area contributed by atoms with Crippen LogP contribution in [0.3, 0.4) is 0 Å². The second-order valence-electron chi connectivity index (χ2n) is 6.31. The summed E-state index contributed by atoms with van der Waals surface area (Å²) in [5, 5.41) is 2.99. The molecule has 6 heteroatoms. The van der Waals surface area contributed by atoms with Crippen LogP contribution in [0.2, 0.25) is 0 Å². The van der Waals surface area contributed by atoms with Crippen molar-refractivity contribution < 1.29 is 9.59 Å². The summed E-state index contributed by atoms with van der Waals surface area (Å²) in [5.74, 6) is 1.95. The maximum absolute atomic E-state index is 12.2. The smallest absolute Gasteiger partial charge is 0.314 e. The third-order valence-corrected chi connectivity index (χ3v) is 5.33. The number of piperidine rings is 1. The lowest BCUT2D eigenvalue weighted by Crippen LogP contribution is -2.47. The van der Waals surface area contributed by atoms with Gasteiger partial charge in [-0.15, -0.1) is 0 Å². The topological polar surface area (TPSA) is 75.4 Å². The molecule has 0 unspecified atom stereocenters. The molecule has 3 N–H and O–H groups in total. The number of nitrogens with zero attached hydrogens (tertiary/aromatic N) is 1. The molecular weight excluding hydrogens is 322 g/mol. The number of hydrogen-bond acceptors (Lipinski definition) is 3. The Labute approximate surface area is 148 Å². The lowest BCUT2D eigenvalue weighted by atomic mass is 9.97. The minimum absolute atomic E-state index is 0.0460. The lowest BCUT2D eigenvalue weighted by Gasteiger charge is -2.30. The first-order valence-corrected chi connectivity index (χ1v) is 9.67. The first-order valence-electron chi connectivity index (χ1n) is 8.51. The summed E-state index contributed by atoms with van der Waals surface area (Å²) in [7, 11) is 0. The zero-order valence-corrected chi connectivity index (χ0v) is 15.1. The highest BCUT2D eigenvalue weighted by Crippen LogP contribution is 2.17. The fourth-order valence-corrected chi connectivity index (χ4v) is 3.82. The molecule has 1 aliphatic heterocycles. The molecule has 1 fully saturated rings. The molecule has 1 saturated heterocycles. The number of hydrogen-bond donors (Lipinski definition) is 2. The van der Waals surface area contributed by atoms with Crippen molar-refractivity contribution >= 4 is 23.7 Å². The van der Waals surface area contributed by atoms with Gasteiger partial charge in [0.15, 0.2) is 0 Å². The van der Waals surface area contributed by atoms with Crippen molar-refractivity contribution in [1.29, 1.82) is 0 Å². The molecule has 5 nitrogen and oxygen atoms in total. The number of primary amides is 1. The molecule has 24 heavy (non-hydrogen) atoms. The number of carbonyl (C=O) groups is 2. The van der Waals surface area contributed by atoms with Crippen LogP contribution < -0.4 is 11.1 Å². The summed E-state index contributed by atoms with van der Waals surface area (Å²) in [4.78, 5) is 24.9. The summed E-state index contributed by atoms with van der Waals surface area (Å²) in [6.07, 6.45) is 2.62. The van der Waals surface area contributed by atoms with Crippen LogP contribution in [0.5, 0.6) is 0 Å². The van der Waals surface area contributed by atoms with Gasteiger partial charge in [-0.25, -0.2) is 4.79 Å². The Morgan fingerprint density at radius 1 is 1.42 bits per heavy atom. The van der Waals surface area contributed by atoms with Crippen LogP contribution in [0.4, 0.5) is 4.79 Å². The van der Waals surface area contributed by atoms with Gasteiger partial charge in [0.25, 0.3) is 0 Å². The van der Waals surface area contributed by atoms with E-state index in [4.69, 9.17) is 5.73 Å². The van der Waals surface area contributed by atoms with E-state index in [1.165, 1.54) is 11.1 Å². The van der Waals surface area contributed by atoms with Crippen molar-refractivity contribution in [3.05, 3.63) is 35.4 Å². The minimum Gasteiger partial charge on any atom is -0.356 e. The first kappa shape index (κ1) is 18.6. The molecule has 1 aromatic rings. The standard InChI is InChI=1S/C18H27N3O2S/c1-14-5-2-6-15(11-14)13-24-10-4-8-20-17(22)16-7-3-9-21(12-16)18(19)23/h2,5-6,11,16H,3-4,7-10,12-13H2,1H3,(H2,19,23)(H,20,22)/t16-/m0/s1. The van der Waals surface area contributed by atoms with Gasteiger partial charge in [-0.3, -0.25) is 4.79 Å². The number of thioether (sulfide) groups is 1. The van der Waals surface area contributed by atoms with Crippen LogP contribution in [-0.4, -0.2) is 42.2 Å². The third kappa shape index (κ3) is 6.07. The quantitative estimate of drug-likeness (QED) is 0.743. The van der Waals surface area contributed by atoms with E-state index in [0.29, 0.717) is 19.6 Å². The zero-order chi connectivity index (χ0) is 17.4. The summed E-state index contributed by atoms with van der Waals surface area (Å²) in [5.41, 5.74) is 7.93. The molecule has 0 aromatic heterocycles. The SMILES string of the molecule is Cc1cccc(CSCCCNC(=O)[C@H]2CCCN(C(N)=O)C2)c1. The van der Waals surface area contributed by atoms with Gasteiger partial charge in [-0.2, -0.15) is 11.8 Å². The average Bonchev–Trinajstić information content (AvgIpc) is 2.58. The van der Waals surface area contributed by atoms with Crippen molar-refractivity contribution in [2.24, 2.45) is 11.7 Å². The van der Waals surface area contributed by atoms with E-state index in [9.17, 15) is 9.59 Å². The van der Waals surface area contributed by atoms with Crippen LogP contribution in [-0.2, 0) is 10.5 Å². The molecule has 1 aliphatic rings. The van der Waals surface area contributed by atoms with Gasteiger partial charge in [0.1, 0.15) is 0 Å². The lowest BCUT2D eigenvalue weighted by molar-refractivity contribution is -0.126. The monoisotopic (exact) mass is 349 g/mol. The maximum atomic E-state index is 12.2. The Balaban J connectivity index is 1.58. The number of likely N-dealkylation sites (tertiary alicyclic amines) is 1. The Hall–Kier alpha value is -1.69. The van der Waals surface area contributed by atoms with Crippen LogP contribution in [0.15, 0.2) is 24.3 Å². The Bertz CT molecular complexity index is 565. The fraction of sp³-hybridized carbons (Fsp3) is 0.556. The van der Waals surface area contributed by atoms with Gasteiger partial charge in [-0.1, -0.05) is 29.8 Å². The molecule has 0 aliphatic carbocycles. The fourth-order valence-electron chi connectivity index (χ4n) is 2.91. The van der Waals surface area contributed by atoms with E-state index in [1.54, 1.807) is 4.90 Å². The van der Waals surface area contributed by atoms with E-state index in [1.807, 2.05) is 11.8 Å². The summed E-state index contributed by atoms with van der Waals surface area (Å²) >= 11 is 1.89. The van der Waals surface area contributed by atoms with Gasteiger partial charge in [0.05, 0.1) is 5.92 Å². The van der Waals surface area contributed by atoms with Crippen LogP contribution >= 0.6 is 11.8 Å². The highest BCUT2D eigenvalue weighted by molar-refractivity contribution is 7.98. The number of carbonyl (C=O) groups excluding carboxylic acids is 2. The van der Waals surface area contributed by atoms with Gasteiger partial charge in [-0.05, 0) is 37.5 Å².